The van der Waals surface area contributed by atoms with Gasteiger partial charge in [0.15, 0.2) is 5.65 Å². The Hall–Kier alpha value is -3.26. The normalized spacial score (nSPS) is 13.7. The minimum atomic E-state index is -0.209. The quantitative estimate of drug-likeness (QED) is 0.281. The van der Waals surface area contributed by atoms with Gasteiger partial charge in [0.1, 0.15) is 11.2 Å². The highest BCUT2D eigenvalue weighted by Gasteiger charge is 2.21. The van der Waals surface area contributed by atoms with Crippen molar-refractivity contribution in [1.29, 1.82) is 0 Å². The van der Waals surface area contributed by atoms with E-state index in [1.165, 1.54) is 19.3 Å². The van der Waals surface area contributed by atoms with Crippen molar-refractivity contribution in [2.75, 3.05) is 38.0 Å². The van der Waals surface area contributed by atoms with Crippen molar-refractivity contribution in [2.24, 2.45) is 0 Å². The van der Waals surface area contributed by atoms with Gasteiger partial charge >= 0.3 is 0 Å². The van der Waals surface area contributed by atoms with Crippen LogP contribution >= 0.6 is 0 Å². The number of rotatable bonds is 13. The lowest BCUT2D eigenvalue weighted by Crippen LogP contribution is -2.33. The number of hydrogen-bond donors (Lipinski definition) is 1. The number of fused-ring (bicyclic) bond motifs is 1. The lowest BCUT2D eigenvalue weighted by molar-refractivity contribution is 0.0745. The van der Waals surface area contributed by atoms with Gasteiger partial charge < -0.3 is 9.80 Å². The second-order valence-electron chi connectivity index (χ2n) is 10.2. The molecule has 3 heterocycles. The SMILES string of the molecule is C.CCCCN(CCCC)C(=O)c1ccc2nc(NC(=O)c3ccccc3)n(CCCN3CCCCC3)c2n1. The number of nitrogens with one attached hydrogen (secondary N) is 1. The fourth-order valence-corrected chi connectivity index (χ4v) is 5.00. The third-order valence-corrected chi connectivity index (χ3v) is 7.23. The summed E-state index contributed by atoms with van der Waals surface area (Å²) in [5.41, 5.74) is 2.33. The fourth-order valence-electron chi connectivity index (χ4n) is 5.00. The van der Waals surface area contributed by atoms with Crippen LogP contribution in [0.15, 0.2) is 42.5 Å². The van der Waals surface area contributed by atoms with E-state index in [0.717, 1.165) is 64.8 Å². The first kappa shape index (κ1) is 30.3. The number of nitrogens with zero attached hydrogens (tertiary/aromatic N) is 5. The van der Waals surface area contributed by atoms with E-state index in [-0.39, 0.29) is 19.2 Å². The molecule has 0 spiro atoms. The number of aromatic nitrogens is 3. The number of benzene rings is 1. The van der Waals surface area contributed by atoms with Crippen molar-refractivity contribution in [3.8, 4) is 0 Å². The van der Waals surface area contributed by atoms with Crippen LogP contribution in [-0.4, -0.2) is 68.9 Å². The molecule has 2 amide bonds. The standard InChI is InChI=1S/C30H42N6O2.CH4/c1-3-5-21-35(22-6-4-2)29(38)26-17-16-25-27(31-26)36(23-13-20-34-18-11-8-12-19-34)30(32-25)33-28(37)24-14-9-7-10-15-24;/h7,9-10,14-17H,3-6,8,11-13,18-23H2,1-2H3,(H,32,33,37);1H4. The van der Waals surface area contributed by atoms with Crippen LogP contribution in [0, 0.1) is 0 Å². The van der Waals surface area contributed by atoms with E-state index in [9.17, 15) is 9.59 Å². The second kappa shape index (κ2) is 15.4. The van der Waals surface area contributed by atoms with E-state index in [0.29, 0.717) is 34.9 Å². The van der Waals surface area contributed by atoms with Crippen LogP contribution in [0.5, 0.6) is 0 Å². The Bertz CT molecular complexity index is 1180. The van der Waals surface area contributed by atoms with E-state index in [1.807, 2.05) is 33.7 Å². The molecule has 0 saturated carbocycles. The minimum absolute atomic E-state index is 0. The van der Waals surface area contributed by atoms with Crippen LogP contribution in [-0.2, 0) is 6.54 Å². The molecule has 1 N–H and O–H groups in total. The molecule has 0 atom stereocenters. The molecule has 0 aliphatic carbocycles. The van der Waals surface area contributed by atoms with E-state index in [4.69, 9.17) is 9.97 Å². The van der Waals surface area contributed by atoms with Gasteiger partial charge in [-0.05, 0) is 76.0 Å². The molecule has 1 saturated heterocycles. The Labute approximate surface area is 233 Å². The molecule has 212 valence electrons. The zero-order chi connectivity index (χ0) is 26.7. The smallest absolute Gasteiger partial charge is 0.272 e. The Morgan fingerprint density at radius 3 is 2.23 bits per heavy atom. The van der Waals surface area contributed by atoms with Gasteiger partial charge in [-0.1, -0.05) is 58.7 Å². The zero-order valence-corrected chi connectivity index (χ0v) is 23.0. The average molecular weight is 535 g/mol. The van der Waals surface area contributed by atoms with Crippen LogP contribution in [0.4, 0.5) is 5.95 Å². The molecule has 0 bridgehead atoms. The first-order valence-corrected chi connectivity index (χ1v) is 14.4. The maximum Gasteiger partial charge on any atom is 0.272 e. The molecule has 0 radical (unpaired) electrons. The number of likely N-dealkylation sites (tertiary alicyclic amines) is 1. The molecule has 0 unspecified atom stereocenters. The Kier molecular flexibility index (Phi) is 11.9. The molecule has 1 aliphatic heterocycles. The number of imidazole rings is 1. The van der Waals surface area contributed by atoms with E-state index in [1.54, 1.807) is 18.2 Å². The summed E-state index contributed by atoms with van der Waals surface area (Å²) in [4.78, 5) is 40.4. The highest BCUT2D eigenvalue weighted by molar-refractivity contribution is 6.04. The largest absolute Gasteiger partial charge is 0.337 e. The maximum absolute atomic E-state index is 13.5. The van der Waals surface area contributed by atoms with Gasteiger partial charge in [-0.15, -0.1) is 0 Å². The van der Waals surface area contributed by atoms with Gasteiger partial charge in [0, 0.05) is 25.2 Å². The van der Waals surface area contributed by atoms with Crippen molar-refractivity contribution in [2.45, 2.75) is 79.2 Å². The molecule has 1 aliphatic rings. The Morgan fingerprint density at radius 1 is 0.872 bits per heavy atom. The number of carbonyl (C=O) groups excluding carboxylic acids is 2. The molecule has 8 heteroatoms. The summed E-state index contributed by atoms with van der Waals surface area (Å²) in [6.45, 7) is 9.70. The number of piperidine rings is 1. The van der Waals surface area contributed by atoms with E-state index < -0.39 is 0 Å². The number of unbranched alkanes of at least 4 members (excludes halogenated alkanes) is 2. The number of hydrogen-bond acceptors (Lipinski definition) is 5. The van der Waals surface area contributed by atoms with E-state index >= 15 is 0 Å². The van der Waals surface area contributed by atoms with Crippen LogP contribution in [0.1, 0.15) is 93.5 Å². The van der Waals surface area contributed by atoms with Crippen molar-refractivity contribution < 1.29 is 9.59 Å². The zero-order valence-electron chi connectivity index (χ0n) is 23.0. The molecule has 3 aromatic rings. The number of amides is 2. The number of pyridine rings is 1. The summed E-state index contributed by atoms with van der Waals surface area (Å²) in [5, 5.41) is 3.00. The van der Waals surface area contributed by atoms with Gasteiger partial charge in [0.25, 0.3) is 11.8 Å². The average Bonchev–Trinajstić information content (AvgIpc) is 3.29. The molecule has 8 nitrogen and oxygen atoms in total. The highest BCUT2D eigenvalue weighted by atomic mass is 16.2. The van der Waals surface area contributed by atoms with Crippen molar-refractivity contribution in [3.05, 3.63) is 53.7 Å². The predicted molar refractivity (Wildman–Crippen MR) is 159 cm³/mol. The lowest BCUT2D eigenvalue weighted by Gasteiger charge is -2.26. The number of carbonyl (C=O) groups is 2. The summed E-state index contributed by atoms with van der Waals surface area (Å²) in [6.07, 6.45) is 8.76. The van der Waals surface area contributed by atoms with Crippen LogP contribution in [0.2, 0.25) is 0 Å². The van der Waals surface area contributed by atoms with Crippen molar-refractivity contribution >= 4 is 28.9 Å². The molecular weight excluding hydrogens is 488 g/mol. The van der Waals surface area contributed by atoms with E-state index in [2.05, 4.69) is 24.1 Å². The van der Waals surface area contributed by atoms with Crippen LogP contribution in [0.25, 0.3) is 11.2 Å². The summed E-state index contributed by atoms with van der Waals surface area (Å²) in [7, 11) is 0. The predicted octanol–water partition coefficient (Wildman–Crippen LogP) is 6.24. The number of aryl methyl sites for hydroxylation is 1. The minimum Gasteiger partial charge on any atom is -0.337 e. The van der Waals surface area contributed by atoms with Crippen LogP contribution in [0.3, 0.4) is 0 Å². The van der Waals surface area contributed by atoms with Crippen LogP contribution < -0.4 is 5.32 Å². The Balaban J connectivity index is 0.00000420. The van der Waals surface area contributed by atoms with Gasteiger partial charge in [-0.25, -0.2) is 9.97 Å². The molecule has 1 fully saturated rings. The Morgan fingerprint density at radius 2 is 1.56 bits per heavy atom. The summed E-state index contributed by atoms with van der Waals surface area (Å²) >= 11 is 0. The first-order valence-electron chi connectivity index (χ1n) is 14.4. The second-order valence-corrected chi connectivity index (χ2v) is 10.2. The summed E-state index contributed by atoms with van der Waals surface area (Å²) < 4.78 is 1.97. The lowest BCUT2D eigenvalue weighted by atomic mass is 10.1. The summed E-state index contributed by atoms with van der Waals surface area (Å²) in [6, 6.07) is 12.8. The van der Waals surface area contributed by atoms with Gasteiger partial charge in [-0.3, -0.25) is 19.5 Å². The van der Waals surface area contributed by atoms with Crippen molar-refractivity contribution in [1.82, 2.24) is 24.3 Å². The fraction of sp³-hybridized carbons (Fsp3) is 0.548. The molecule has 1 aromatic carbocycles. The number of anilines is 1. The monoisotopic (exact) mass is 534 g/mol. The maximum atomic E-state index is 13.5. The third kappa shape index (κ3) is 8.12. The topological polar surface area (TPSA) is 83.4 Å². The van der Waals surface area contributed by atoms with Gasteiger partial charge in [-0.2, -0.15) is 0 Å². The molecule has 2 aromatic heterocycles. The van der Waals surface area contributed by atoms with Gasteiger partial charge in [0.05, 0.1) is 0 Å². The molecular formula is C31H46N6O2. The molecule has 4 rings (SSSR count). The first-order chi connectivity index (χ1) is 18.6. The summed E-state index contributed by atoms with van der Waals surface area (Å²) in [5.74, 6) is 0.225. The third-order valence-electron chi connectivity index (χ3n) is 7.23. The highest BCUT2D eigenvalue weighted by Crippen LogP contribution is 2.21. The van der Waals surface area contributed by atoms with Crippen molar-refractivity contribution in [3.63, 3.8) is 0 Å². The van der Waals surface area contributed by atoms with Gasteiger partial charge in [0.2, 0.25) is 5.95 Å². The molecule has 39 heavy (non-hydrogen) atoms.